The van der Waals surface area contributed by atoms with Crippen LogP contribution in [0.2, 0.25) is 5.02 Å². The summed E-state index contributed by atoms with van der Waals surface area (Å²) in [7, 11) is 0. The fourth-order valence-electron chi connectivity index (χ4n) is 2.37. The lowest BCUT2D eigenvalue weighted by Crippen LogP contribution is -2.39. The molecule has 1 aliphatic heterocycles. The molecule has 3 rings (SSSR count). The number of rotatable bonds is 4. The summed E-state index contributed by atoms with van der Waals surface area (Å²) in [5, 5.41) is 4.22. The highest BCUT2D eigenvalue weighted by Gasteiger charge is 2.21. The average Bonchev–Trinajstić information content (AvgIpc) is 2.52. The first-order valence-corrected chi connectivity index (χ1v) is 7.47. The van der Waals surface area contributed by atoms with E-state index in [-0.39, 0.29) is 12.1 Å². The Morgan fingerprint density at radius 2 is 2.00 bits per heavy atom. The van der Waals surface area contributed by atoms with Gasteiger partial charge in [-0.2, -0.15) is 0 Å². The second-order valence-corrected chi connectivity index (χ2v) is 5.62. The maximum Gasteiger partial charge on any atom is 0.161 e. The first-order chi connectivity index (χ1) is 10.2. The third kappa shape index (κ3) is 3.49. The van der Waals surface area contributed by atoms with Crippen LogP contribution in [0.15, 0.2) is 48.5 Å². The quantitative estimate of drug-likeness (QED) is 0.931. The van der Waals surface area contributed by atoms with Crippen molar-refractivity contribution in [2.24, 2.45) is 0 Å². The van der Waals surface area contributed by atoms with Gasteiger partial charge in [0, 0.05) is 17.6 Å². The summed E-state index contributed by atoms with van der Waals surface area (Å²) < 4.78 is 11.6. The lowest BCUT2D eigenvalue weighted by atomic mass is 10.1. The smallest absolute Gasteiger partial charge is 0.161 e. The van der Waals surface area contributed by atoms with E-state index in [0.717, 1.165) is 23.1 Å². The first kappa shape index (κ1) is 14.2. The molecule has 0 bridgehead atoms. The Morgan fingerprint density at radius 3 is 2.81 bits per heavy atom. The van der Waals surface area contributed by atoms with Crippen molar-refractivity contribution in [1.29, 1.82) is 0 Å². The summed E-state index contributed by atoms with van der Waals surface area (Å²) in [6.45, 7) is 3.40. The molecule has 1 N–H and O–H groups in total. The number of hydrogen-bond acceptors (Lipinski definition) is 3. The molecule has 0 aromatic heterocycles. The van der Waals surface area contributed by atoms with Gasteiger partial charge in [0.15, 0.2) is 11.5 Å². The Morgan fingerprint density at radius 1 is 1.19 bits per heavy atom. The second-order valence-electron chi connectivity index (χ2n) is 5.18. The Balaban J connectivity index is 1.57. The molecule has 2 unspecified atom stereocenters. The predicted molar refractivity (Wildman–Crippen MR) is 84.2 cm³/mol. The van der Waals surface area contributed by atoms with Gasteiger partial charge in [-0.25, -0.2) is 0 Å². The van der Waals surface area contributed by atoms with E-state index in [1.54, 1.807) is 0 Å². The van der Waals surface area contributed by atoms with Gasteiger partial charge in [-0.1, -0.05) is 35.9 Å². The molecule has 21 heavy (non-hydrogen) atoms. The minimum absolute atomic E-state index is 0.0153. The standard InChI is InChI=1S/C17H18ClNO2/c1-12(13-5-4-6-14(18)9-13)19-10-15-11-20-16-7-2-3-8-17(16)21-15/h2-9,12,15,19H,10-11H2,1H3. The number of ether oxygens (including phenoxy) is 2. The van der Waals surface area contributed by atoms with Crippen molar-refractivity contribution < 1.29 is 9.47 Å². The number of para-hydroxylation sites is 2. The van der Waals surface area contributed by atoms with Crippen molar-refractivity contribution in [3.05, 3.63) is 59.1 Å². The SMILES string of the molecule is CC(NCC1COc2ccccc2O1)c1cccc(Cl)c1. The number of fused-ring (bicyclic) bond motifs is 1. The van der Waals surface area contributed by atoms with Crippen LogP contribution in [-0.2, 0) is 0 Å². The van der Waals surface area contributed by atoms with Crippen molar-refractivity contribution in [3.63, 3.8) is 0 Å². The molecule has 110 valence electrons. The van der Waals surface area contributed by atoms with Crippen molar-refractivity contribution >= 4 is 11.6 Å². The molecule has 4 heteroatoms. The van der Waals surface area contributed by atoms with Gasteiger partial charge in [0.1, 0.15) is 12.7 Å². The van der Waals surface area contributed by atoms with Crippen LogP contribution in [0.1, 0.15) is 18.5 Å². The summed E-state index contributed by atoms with van der Waals surface area (Å²) in [6.07, 6.45) is 0.0153. The molecule has 1 heterocycles. The van der Waals surface area contributed by atoms with Crippen molar-refractivity contribution in [1.82, 2.24) is 5.32 Å². The highest BCUT2D eigenvalue weighted by atomic mass is 35.5. The molecule has 0 spiro atoms. The van der Waals surface area contributed by atoms with Gasteiger partial charge in [0.05, 0.1) is 0 Å². The molecule has 3 nitrogen and oxygen atoms in total. The fourth-order valence-corrected chi connectivity index (χ4v) is 2.56. The maximum atomic E-state index is 6.02. The van der Waals surface area contributed by atoms with E-state index in [1.165, 1.54) is 5.56 Å². The van der Waals surface area contributed by atoms with Gasteiger partial charge >= 0.3 is 0 Å². The number of hydrogen-bond donors (Lipinski definition) is 1. The third-order valence-electron chi connectivity index (χ3n) is 3.57. The summed E-state index contributed by atoms with van der Waals surface area (Å²) in [6, 6.07) is 15.9. The molecule has 0 aliphatic carbocycles. The fraction of sp³-hybridized carbons (Fsp3) is 0.294. The summed E-state index contributed by atoms with van der Waals surface area (Å²) in [5.74, 6) is 1.63. The monoisotopic (exact) mass is 303 g/mol. The van der Waals surface area contributed by atoms with E-state index in [1.807, 2.05) is 42.5 Å². The molecule has 0 saturated carbocycles. The van der Waals surface area contributed by atoms with Crippen LogP contribution < -0.4 is 14.8 Å². The molecular weight excluding hydrogens is 286 g/mol. The van der Waals surface area contributed by atoms with E-state index >= 15 is 0 Å². The minimum atomic E-state index is 0.0153. The summed E-state index contributed by atoms with van der Waals surface area (Å²) in [5.41, 5.74) is 1.17. The molecule has 0 fully saturated rings. The van der Waals surface area contributed by atoms with Crippen LogP contribution in [0.25, 0.3) is 0 Å². The number of benzene rings is 2. The largest absolute Gasteiger partial charge is 0.486 e. The lowest BCUT2D eigenvalue weighted by molar-refractivity contribution is 0.0886. The van der Waals surface area contributed by atoms with E-state index in [4.69, 9.17) is 21.1 Å². The Kier molecular flexibility index (Phi) is 4.32. The summed E-state index contributed by atoms with van der Waals surface area (Å²) >= 11 is 6.02. The molecule has 0 radical (unpaired) electrons. The topological polar surface area (TPSA) is 30.5 Å². The zero-order valence-electron chi connectivity index (χ0n) is 11.9. The molecule has 2 atom stereocenters. The predicted octanol–water partition coefficient (Wildman–Crippen LogP) is 3.83. The molecule has 2 aromatic rings. The van der Waals surface area contributed by atoms with Gasteiger partial charge in [-0.05, 0) is 36.8 Å². The Bertz CT molecular complexity index is 617. The van der Waals surface area contributed by atoms with Crippen molar-refractivity contribution in [2.75, 3.05) is 13.2 Å². The van der Waals surface area contributed by atoms with Crippen LogP contribution >= 0.6 is 11.6 Å². The zero-order valence-corrected chi connectivity index (χ0v) is 12.6. The van der Waals surface area contributed by atoms with Crippen LogP contribution in [0.5, 0.6) is 11.5 Å². The third-order valence-corrected chi connectivity index (χ3v) is 3.80. The number of halogens is 1. The average molecular weight is 304 g/mol. The first-order valence-electron chi connectivity index (χ1n) is 7.10. The van der Waals surface area contributed by atoms with Crippen molar-refractivity contribution in [2.45, 2.75) is 19.1 Å². The Labute approximate surface area is 129 Å². The van der Waals surface area contributed by atoms with Crippen LogP contribution in [0.3, 0.4) is 0 Å². The Hall–Kier alpha value is -1.71. The van der Waals surface area contributed by atoms with Crippen LogP contribution in [0.4, 0.5) is 0 Å². The van der Waals surface area contributed by atoms with E-state index in [0.29, 0.717) is 6.61 Å². The van der Waals surface area contributed by atoms with Gasteiger partial charge in [0.2, 0.25) is 0 Å². The van der Waals surface area contributed by atoms with Gasteiger partial charge < -0.3 is 14.8 Å². The van der Waals surface area contributed by atoms with E-state index < -0.39 is 0 Å². The van der Waals surface area contributed by atoms with E-state index in [9.17, 15) is 0 Å². The van der Waals surface area contributed by atoms with Gasteiger partial charge in [0.25, 0.3) is 0 Å². The highest BCUT2D eigenvalue weighted by molar-refractivity contribution is 6.30. The zero-order chi connectivity index (χ0) is 14.7. The molecule has 1 aliphatic rings. The molecule has 2 aromatic carbocycles. The highest BCUT2D eigenvalue weighted by Crippen LogP contribution is 2.30. The minimum Gasteiger partial charge on any atom is -0.486 e. The molecule has 0 saturated heterocycles. The molecule has 0 amide bonds. The molecular formula is C17H18ClNO2. The van der Waals surface area contributed by atoms with Gasteiger partial charge in [-0.15, -0.1) is 0 Å². The number of nitrogens with one attached hydrogen (secondary N) is 1. The van der Waals surface area contributed by atoms with Gasteiger partial charge in [-0.3, -0.25) is 0 Å². The normalized spacial score (nSPS) is 18.3. The maximum absolute atomic E-state index is 6.02. The van der Waals surface area contributed by atoms with Crippen LogP contribution in [-0.4, -0.2) is 19.3 Å². The lowest BCUT2D eigenvalue weighted by Gasteiger charge is -2.27. The summed E-state index contributed by atoms with van der Waals surface area (Å²) in [4.78, 5) is 0. The second kappa shape index (κ2) is 6.37. The van der Waals surface area contributed by atoms with Crippen LogP contribution in [0, 0.1) is 0 Å². The van der Waals surface area contributed by atoms with Crippen molar-refractivity contribution in [3.8, 4) is 11.5 Å². The van der Waals surface area contributed by atoms with E-state index in [2.05, 4.69) is 18.3 Å².